The van der Waals surface area contributed by atoms with E-state index in [0.717, 1.165) is 30.4 Å². The molecule has 1 aromatic rings. The van der Waals surface area contributed by atoms with Crippen molar-refractivity contribution in [3.8, 4) is 0 Å². The van der Waals surface area contributed by atoms with E-state index in [-0.39, 0.29) is 6.10 Å². The minimum Gasteiger partial charge on any atom is -0.381 e. The van der Waals surface area contributed by atoms with E-state index in [0.29, 0.717) is 24.5 Å². The zero-order valence-corrected chi connectivity index (χ0v) is 13.5. The Kier molecular flexibility index (Phi) is 5.37. The van der Waals surface area contributed by atoms with Crippen LogP contribution in [0.25, 0.3) is 0 Å². The first-order chi connectivity index (χ1) is 10.0. The van der Waals surface area contributed by atoms with Crippen LogP contribution in [0.4, 0.5) is 0 Å². The maximum absolute atomic E-state index is 12.7. The van der Waals surface area contributed by atoms with Crippen LogP contribution in [0.1, 0.15) is 30.9 Å². The Morgan fingerprint density at radius 2 is 1.95 bits per heavy atom. The molecule has 0 radical (unpaired) electrons. The highest BCUT2D eigenvalue weighted by Gasteiger charge is 2.29. The number of benzene rings is 1. The summed E-state index contributed by atoms with van der Waals surface area (Å²) in [5.41, 5.74) is 7.74. The SMILES string of the molecule is CCc1ccc(S(=O)(=O)N2CCC(OC)CC2)cc1CN. The van der Waals surface area contributed by atoms with E-state index in [4.69, 9.17) is 10.5 Å². The van der Waals surface area contributed by atoms with Gasteiger partial charge in [0.15, 0.2) is 0 Å². The zero-order chi connectivity index (χ0) is 15.5. The number of methoxy groups -OCH3 is 1. The van der Waals surface area contributed by atoms with E-state index in [1.165, 1.54) is 0 Å². The number of sulfonamides is 1. The minimum absolute atomic E-state index is 0.165. The average Bonchev–Trinajstić information content (AvgIpc) is 2.54. The predicted octanol–water partition coefficient (Wildman–Crippen LogP) is 1.51. The normalized spacial score (nSPS) is 18.0. The molecule has 0 aromatic heterocycles. The van der Waals surface area contributed by atoms with Gasteiger partial charge in [0, 0.05) is 26.7 Å². The molecule has 1 aromatic carbocycles. The van der Waals surface area contributed by atoms with E-state index >= 15 is 0 Å². The van der Waals surface area contributed by atoms with Gasteiger partial charge in [0.25, 0.3) is 0 Å². The highest BCUT2D eigenvalue weighted by molar-refractivity contribution is 7.89. The van der Waals surface area contributed by atoms with Gasteiger partial charge in [0.1, 0.15) is 0 Å². The fraction of sp³-hybridized carbons (Fsp3) is 0.600. The molecule has 1 heterocycles. The van der Waals surface area contributed by atoms with Gasteiger partial charge in [0.2, 0.25) is 10.0 Å². The maximum Gasteiger partial charge on any atom is 0.243 e. The van der Waals surface area contributed by atoms with E-state index in [2.05, 4.69) is 0 Å². The topological polar surface area (TPSA) is 72.6 Å². The first-order valence-corrected chi connectivity index (χ1v) is 8.81. The molecule has 0 atom stereocenters. The molecule has 21 heavy (non-hydrogen) atoms. The lowest BCUT2D eigenvalue weighted by atomic mass is 10.1. The van der Waals surface area contributed by atoms with Crippen molar-refractivity contribution < 1.29 is 13.2 Å². The van der Waals surface area contributed by atoms with Gasteiger partial charge in [-0.1, -0.05) is 13.0 Å². The van der Waals surface area contributed by atoms with Gasteiger partial charge in [-0.05, 0) is 42.5 Å². The summed E-state index contributed by atoms with van der Waals surface area (Å²) in [5, 5.41) is 0. The van der Waals surface area contributed by atoms with Gasteiger partial charge in [-0.25, -0.2) is 8.42 Å². The summed E-state index contributed by atoms with van der Waals surface area (Å²) in [6.07, 6.45) is 2.50. The Bertz CT molecular complexity index is 579. The van der Waals surface area contributed by atoms with Crippen molar-refractivity contribution in [1.82, 2.24) is 4.31 Å². The average molecular weight is 312 g/mol. The second-order valence-electron chi connectivity index (χ2n) is 5.33. The Balaban J connectivity index is 2.24. The molecular formula is C15H24N2O3S. The van der Waals surface area contributed by atoms with Crippen molar-refractivity contribution in [1.29, 1.82) is 0 Å². The molecular weight excluding hydrogens is 288 g/mol. The second-order valence-corrected chi connectivity index (χ2v) is 7.27. The maximum atomic E-state index is 12.7. The number of rotatable bonds is 5. The van der Waals surface area contributed by atoms with Crippen LogP contribution in [0, 0.1) is 0 Å². The van der Waals surface area contributed by atoms with Crippen LogP contribution in [0.2, 0.25) is 0 Å². The van der Waals surface area contributed by atoms with Crippen LogP contribution in [0.3, 0.4) is 0 Å². The van der Waals surface area contributed by atoms with Crippen LogP contribution < -0.4 is 5.73 Å². The third-order valence-corrected chi connectivity index (χ3v) is 6.05. The summed E-state index contributed by atoms with van der Waals surface area (Å²) in [7, 11) is -1.76. The minimum atomic E-state index is -3.43. The fourth-order valence-corrected chi connectivity index (χ4v) is 4.28. The molecule has 5 nitrogen and oxygen atoms in total. The van der Waals surface area contributed by atoms with Gasteiger partial charge in [-0.2, -0.15) is 4.31 Å². The molecule has 0 aliphatic carbocycles. The summed E-state index contributed by atoms with van der Waals surface area (Å²) in [5.74, 6) is 0. The summed E-state index contributed by atoms with van der Waals surface area (Å²) >= 11 is 0. The molecule has 2 N–H and O–H groups in total. The van der Waals surface area contributed by atoms with E-state index in [1.807, 2.05) is 13.0 Å². The lowest BCUT2D eigenvalue weighted by Gasteiger charge is -2.30. The molecule has 0 bridgehead atoms. The molecule has 1 fully saturated rings. The van der Waals surface area contributed by atoms with E-state index < -0.39 is 10.0 Å². The second kappa shape index (κ2) is 6.87. The summed E-state index contributed by atoms with van der Waals surface area (Å²) < 4.78 is 32.2. The smallest absolute Gasteiger partial charge is 0.243 e. The summed E-state index contributed by atoms with van der Waals surface area (Å²) in [6, 6.07) is 5.28. The molecule has 2 rings (SSSR count). The van der Waals surface area contributed by atoms with Gasteiger partial charge < -0.3 is 10.5 Å². The Labute approximate surface area is 127 Å². The van der Waals surface area contributed by atoms with E-state index in [1.54, 1.807) is 23.5 Å². The van der Waals surface area contributed by atoms with Gasteiger partial charge in [0.05, 0.1) is 11.0 Å². The number of nitrogens with zero attached hydrogens (tertiary/aromatic N) is 1. The fourth-order valence-electron chi connectivity index (χ4n) is 2.75. The Hall–Kier alpha value is -0.950. The number of ether oxygens (including phenoxy) is 1. The van der Waals surface area contributed by atoms with Crippen LogP contribution in [-0.4, -0.2) is 39.0 Å². The zero-order valence-electron chi connectivity index (χ0n) is 12.7. The largest absolute Gasteiger partial charge is 0.381 e. The molecule has 6 heteroatoms. The van der Waals surface area contributed by atoms with Gasteiger partial charge in [-0.15, -0.1) is 0 Å². The highest BCUT2D eigenvalue weighted by Crippen LogP contribution is 2.24. The molecule has 0 amide bonds. The quantitative estimate of drug-likeness (QED) is 0.894. The molecule has 0 spiro atoms. The van der Waals surface area contributed by atoms with Crippen molar-refractivity contribution in [2.24, 2.45) is 5.73 Å². The lowest BCUT2D eigenvalue weighted by Crippen LogP contribution is -2.40. The van der Waals surface area contributed by atoms with Crippen LogP contribution >= 0.6 is 0 Å². The predicted molar refractivity (Wildman–Crippen MR) is 82.5 cm³/mol. The third-order valence-electron chi connectivity index (χ3n) is 4.15. The molecule has 0 saturated carbocycles. The van der Waals surface area contributed by atoms with Crippen molar-refractivity contribution in [3.63, 3.8) is 0 Å². The standard InChI is InChI=1S/C15H24N2O3S/c1-3-12-4-5-15(10-13(12)11-16)21(18,19)17-8-6-14(20-2)7-9-17/h4-5,10,14H,3,6-9,11,16H2,1-2H3. The lowest BCUT2D eigenvalue weighted by molar-refractivity contribution is 0.0604. The van der Waals surface area contributed by atoms with Crippen molar-refractivity contribution in [3.05, 3.63) is 29.3 Å². The summed E-state index contributed by atoms with van der Waals surface area (Å²) in [4.78, 5) is 0.344. The molecule has 1 aliphatic heterocycles. The van der Waals surface area contributed by atoms with Crippen molar-refractivity contribution in [2.75, 3.05) is 20.2 Å². The van der Waals surface area contributed by atoms with Crippen LogP contribution in [0.5, 0.6) is 0 Å². The number of aryl methyl sites for hydroxylation is 1. The Morgan fingerprint density at radius 1 is 1.29 bits per heavy atom. The van der Waals surface area contributed by atoms with Crippen LogP contribution in [-0.2, 0) is 27.7 Å². The number of nitrogens with two attached hydrogens (primary N) is 1. The highest BCUT2D eigenvalue weighted by atomic mass is 32.2. The first kappa shape index (κ1) is 16.4. The van der Waals surface area contributed by atoms with Crippen molar-refractivity contribution in [2.45, 2.75) is 43.7 Å². The number of piperidine rings is 1. The Morgan fingerprint density at radius 3 is 2.48 bits per heavy atom. The molecule has 118 valence electrons. The van der Waals surface area contributed by atoms with Gasteiger partial charge in [-0.3, -0.25) is 0 Å². The number of hydrogen-bond donors (Lipinski definition) is 1. The monoisotopic (exact) mass is 312 g/mol. The third kappa shape index (κ3) is 3.45. The number of hydrogen-bond acceptors (Lipinski definition) is 4. The van der Waals surface area contributed by atoms with E-state index in [9.17, 15) is 8.42 Å². The van der Waals surface area contributed by atoms with Gasteiger partial charge >= 0.3 is 0 Å². The van der Waals surface area contributed by atoms with Crippen molar-refractivity contribution >= 4 is 10.0 Å². The van der Waals surface area contributed by atoms with Crippen LogP contribution in [0.15, 0.2) is 23.1 Å². The molecule has 0 unspecified atom stereocenters. The first-order valence-electron chi connectivity index (χ1n) is 7.37. The molecule has 1 saturated heterocycles. The summed E-state index contributed by atoms with van der Waals surface area (Å²) in [6.45, 7) is 3.42. The molecule has 1 aliphatic rings.